The first-order chi connectivity index (χ1) is 7.69. The molecule has 0 aliphatic carbocycles. The zero-order chi connectivity index (χ0) is 12.0. The Morgan fingerprint density at radius 1 is 1.56 bits per heavy atom. The first kappa shape index (κ1) is 13.1. The highest BCUT2D eigenvalue weighted by Crippen LogP contribution is 2.28. The zero-order valence-corrected chi connectivity index (χ0v) is 11.2. The maximum atomic E-state index is 5.51. The van der Waals surface area contributed by atoms with Crippen molar-refractivity contribution in [3.05, 3.63) is 28.2 Å². The molecule has 0 bridgehead atoms. The summed E-state index contributed by atoms with van der Waals surface area (Å²) in [4.78, 5) is 0. The van der Waals surface area contributed by atoms with Gasteiger partial charge in [0.2, 0.25) is 0 Å². The van der Waals surface area contributed by atoms with Gasteiger partial charge in [-0.1, -0.05) is 28.8 Å². The van der Waals surface area contributed by atoms with Gasteiger partial charge in [0.1, 0.15) is 12.4 Å². The molecule has 0 aliphatic rings. The van der Waals surface area contributed by atoms with E-state index in [0.717, 1.165) is 22.3 Å². The Bertz CT molecular complexity index is 384. The summed E-state index contributed by atoms with van der Waals surface area (Å²) in [5, 5.41) is 3.35. The van der Waals surface area contributed by atoms with Gasteiger partial charge in [-0.2, -0.15) is 0 Å². The van der Waals surface area contributed by atoms with Gasteiger partial charge in [-0.15, -0.1) is 6.42 Å². The van der Waals surface area contributed by atoms with E-state index in [9.17, 15) is 0 Å². The van der Waals surface area contributed by atoms with Crippen molar-refractivity contribution in [2.75, 3.05) is 13.2 Å². The largest absolute Gasteiger partial charge is 0.481 e. The molecule has 0 fully saturated rings. The van der Waals surface area contributed by atoms with E-state index in [0.29, 0.717) is 6.61 Å². The molecule has 0 amide bonds. The number of benzene rings is 1. The van der Waals surface area contributed by atoms with E-state index in [1.54, 1.807) is 0 Å². The highest BCUT2D eigenvalue weighted by Gasteiger charge is 2.11. The maximum absolute atomic E-state index is 5.51. The standard InChI is InChI=1S/C13H16BrNO/c1-4-8-16-13-7-6-11(14)9-12(13)10(3)15-5-2/h1,6-7,9-10,15H,5,8H2,2-3H3. The molecule has 86 valence electrons. The third-order valence-corrected chi connectivity index (χ3v) is 2.75. The summed E-state index contributed by atoms with van der Waals surface area (Å²) in [6, 6.07) is 6.19. The van der Waals surface area contributed by atoms with E-state index in [-0.39, 0.29) is 6.04 Å². The Morgan fingerprint density at radius 2 is 2.31 bits per heavy atom. The Hall–Kier alpha value is -0.980. The van der Waals surface area contributed by atoms with Crippen LogP contribution in [0.3, 0.4) is 0 Å². The highest BCUT2D eigenvalue weighted by molar-refractivity contribution is 9.10. The van der Waals surface area contributed by atoms with Crippen LogP contribution in [0.1, 0.15) is 25.5 Å². The molecule has 1 atom stereocenters. The topological polar surface area (TPSA) is 21.3 Å². The summed E-state index contributed by atoms with van der Waals surface area (Å²) in [6.45, 7) is 5.40. The van der Waals surface area contributed by atoms with Crippen LogP contribution in [-0.2, 0) is 0 Å². The van der Waals surface area contributed by atoms with Crippen molar-refractivity contribution in [1.82, 2.24) is 5.32 Å². The first-order valence-electron chi connectivity index (χ1n) is 5.28. The summed E-state index contributed by atoms with van der Waals surface area (Å²) in [5.41, 5.74) is 1.12. The van der Waals surface area contributed by atoms with Crippen molar-refractivity contribution in [3.63, 3.8) is 0 Å². The highest BCUT2D eigenvalue weighted by atomic mass is 79.9. The van der Waals surface area contributed by atoms with Crippen molar-refractivity contribution in [2.45, 2.75) is 19.9 Å². The lowest BCUT2D eigenvalue weighted by Crippen LogP contribution is -2.18. The SMILES string of the molecule is C#CCOc1ccc(Br)cc1C(C)NCC. The average molecular weight is 282 g/mol. The van der Waals surface area contributed by atoms with E-state index in [1.165, 1.54) is 0 Å². The fourth-order valence-electron chi connectivity index (χ4n) is 1.52. The predicted octanol–water partition coefficient (Wildman–Crippen LogP) is 3.13. The molecule has 2 nitrogen and oxygen atoms in total. The molecule has 0 aliphatic heterocycles. The van der Waals surface area contributed by atoms with Crippen LogP contribution >= 0.6 is 15.9 Å². The lowest BCUT2D eigenvalue weighted by molar-refractivity contribution is 0.361. The van der Waals surface area contributed by atoms with Crippen molar-refractivity contribution in [3.8, 4) is 18.1 Å². The number of ether oxygens (including phenoxy) is 1. The molecule has 0 radical (unpaired) electrons. The van der Waals surface area contributed by atoms with E-state index in [2.05, 4.69) is 47.1 Å². The maximum Gasteiger partial charge on any atom is 0.148 e. The zero-order valence-electron chi connectivity index (χ0n) is 9.59. The van der Waals surface area contributed by atoms with Gasteiger partial charge in [0, 0.05) is 16.1 Å². The summed E-state index contributed by atoms with van der Waals surface area (Å²) >= 11 is 3.46. The third-order valence-electron chi connectivity index (χ3n) is 2.26. The molecule has 1 N–H and O–H groups in total. The summed E-state index contributed by atoms with van der Waals surface area (Å²) in [6.07, 6.45) is 5.19. The second kappa shape index (κ2) is 6.57. The Labute approximate surface area is 106 Å². The number of hydrogen-bond acceptors (Lipinski definition) is 2. The van der Waals surface area contributed by atoms with Crippen molar-refractivity contribution < 1.29 is 4.74 Å². The predicted molar refractivity (Wildman–Crippen MR) is 70.6 cm³/mol. The lowest BCUT2D eigenvalue weighted by atomic mass is 10.1. The van der Waals surface area contributed by atoms with Crippen LogP contribution in [0.2, 0.25) is 0 Å². The molecular formula is C13H16BrNO. The van der Waals surface area contributed by atoms with Crippen LogP contribution in [0.15, 0.2) is 22.7 Å². The van der Waals surface area contributed by atoms with Crippen LogP contribution in [0.4, 0.5) is 0 Å². The third kappa shape index (κ3) is 3.55. The number of hydrogen-bond donors (Lipinski definition) is 1. The van der Waals surface area contributed by atoms with Gasteiger partial charge in [0.25, 0.3) is 0 Å². The summed E-state index contributed by atoms with van der Waals surface area (Å²) in [5.74, 6) is 3.32. The van der Waals surface area contributed by atoms with Crippen LogP contribution in [0, 0.1) is 12.3 Å². The number of nitrogens with one attached hydrogen (secondary N) is 1. The molecule has 0 aromatic heterocycles. The summed E-state index contributed by atoms with van der Waals surface area (Å²) in [7, 11) is 0. The smallest absolute Gasteiger partial charge is 0.148 e. The van der Waals surface area contributed by atoms with Crippen molar-refractivity contribution in [1.29, 1.82) is 0 Å². The molecule has 1 unspecified atom stereocenters. The Kier molecular flexibility index (Phi) is 5.37. The lowest BCUT2D eigenvalue weighted by Gasteiger charge is -2.17. The molecule has 0 saturated heterocycles. The van der Waals surface area contributed by atoms with Gasteiger partial charge >= 0.3 is 0 Å². The molecule has 1 rings (SSSR count). The number of terminal acetylenes is 1. The van der Waals surface area contributed by atoms with Gasteiger partial charge in [-0.25, -0.2) is 0 Å². The van der Waals surface area contributed by atoms with Gasteiger partial charge in [0.05, 0.1) is 0 Å². The van der Waals surface area contributed by atoms with Gasteiger partial charge < -0.3 is 10.1 Å². The minimum atomic E-state index is 0.246. The Balaban J connectivity index is 2.93. The molecule has 0 spiro atoms. The van der Waals surface area contributed by atoms with E-state index >= 15 is 0 Å². The Morgan fingerprint density at radius 3 is 2.94 bits per heavy atom. The van der Waals surface area contributed by atoms with Gasteiger partial charge in [-0.05, 0) is 31.7 Å². The van der Waals surface area contributed by atoms with Crippen LogP contribution in [0.5, 0.6) is 5.75 Å². The van der Waals surface area contributed by atoms with Crippen LogP contribution in [0.25, 0.3) is 0 Å². The number of rotatable bonds is 5. The molecule has 3 heteroatoms. The van der Waals surface area contributed by atoms with E-state index in [4.69, 9.17) is 11.2 Å². The molecule has 16 heavy (non-hydrogen) atoms. The molecule has 0 saturated carbocycles. The number of halogens is 1. The normalized spacial score (nSPS) is 11.9. The van der Waals surface area contributed by atoms with E-state index < -0.39 is 0 Å². The quantitative estimate of drug-likeness (QED) is 0.838. The minimum absolute atomic E-state index is 0.246. The second-order valence-electron chi connectivity index (χ2n) is 3.45. The average Bonchev–Trinajstić information content (AvgIpc) is 2.27. The van der Waals surface area contributed by atoms with Crippen molar-refractivity contribution >= 4 is 15.9 Å². The minimum Gasteiger partial charge on any atom is -0.481 e. The fraction of sp³-hybridized carbons (Fsp3) is 0.385. The fourth-order valence-corrected chi connectivity index (χ4v) is 1.90. The first-order valence-corrected chi connectivity index (χ1v) is 6.07. The molecule has 1 aromatic rings. The van der Waals surface area contributed by atoms with E-state index in [1.807, 2.05) is 12.1 Å². The monoisotopic (exact) mass is 281 g/mol. The molecular weight excluding hydrogens is 266 g/mol. The van der Waals surface area contributed by atoms with Crippen LogP contribution in [-0.4, -0.2) is 13.2 Å². The van der Waals surface area contributed by atoms with Crippen molar-refractivity contribution in [2.24, 2.45) is 0 Å². The van der Waals surface area contributed by atoms with Gasteiger partial charge in [0.15, 0.2) is 0 Å². The molecule has 0 heterocycles. The molecule has 1 aromatic carbocycles. The van der Waals surface area contributed by atoms with Crippen LogP contribution < -0.4 is 10.1 Å². The second-order valence-corrected chi connectivity index (χ2v) is 4.37. The summed E-state index contributed by atoms with van der Waals surface area (Å²) < 4.78 is 6.55. The van der Waals surface area contributed by atoms with Gasteiger partial charge in [-0.3, -0.25) is 0 Å².